The maximum Gasteiger partial charge on any atom is 0.501 e. The quantitative estimate of drug-likeness (QED) is 0.678. The van der Waals surface area contributed by atoms with E-state index in [1.165, 1.54) is 6.07 Å². The highest BCUT2D eigenvalue weighted by Gasteiger charge is 2.50. The van der Waals surface area contributed by atoms with Gasteiger partial charge in [-0.25, -0.2) is 21.6 Å². The molecule has 2 aromatic rings. The van der Waals surface area contributed by atoms with Crippen molar-refractivity contribution in [1.29, 1.82) is 0 Å². The van der Waals surface area contributed by atoms with Gasteiger partial charge in [-0.1, -0.05) is 6.07 Å². The summed E-state index contributed by atoms with van der Waals surface area (Å²) in [6.45, 7) is 0. The summed E-state index contributed by atoms with van der Waals surface area (Å²) in [5, 5.41) is 10.1. The number of alkyl halides is 4. The van der Waals surface area contributed by atoms with Gasteiger partial charge in [0.15, 0.2) is 0 Å². The molecule has 2 aliphatic rings. The third-order valence-electron chi connectivity index (χ3n) is 5.83. The molecule has 3 atom stereocenters. The molecule has 0 fully saturated rings. The van der Waals surface area contributed by atoms with Crippen molar-refractivity contribution in [1.82, 2.24) is 0 Å². The zero-order valence-electron chi connectivity index (χ0n) is 15.3. The number of aryl methyl sites for hydroxylation is 1. The van der Waals surface area contributed by atoms with E-state index in [0.29, 0.717) is 37.0 Å². The monoisotopic (exact) mass is 450 g/mol. The SMILES string of the molecule is O=S(=O)(c1ccc([C@H]2CCCc3cc(F)cc(F)c32)c2c1[C@H](O)[C@H](F)C2)C(F)(F)F. The number of sulfone groups is 1. The lowest BCUT2D eigenvalue weighted by Crippen LogP contribution is -2.25. The summed E-state index contributed by atoms with van der Waals surface area (Å²) in [5.41, 5.74) is -5.52. The van der Waals surface area contributed by atoms with Crippen LogP contribution in [0.5, 0.6) is 0 Å². The Labute approximate surface area is 168 Å². The highest BCUT2D eigenvalue weighted by molar-refractivity contribution is 7.92. The van der Waals surface area contributed by atoms with Gasteiger partial charge in [0.25, 0.3) is 9.84 Å². The zero-order valence-corrected chi connectivity index (χ0v) is 16.1. The van der Waals surface area contributed by atoms with Gasteiger partial charge in [0.1, 0.15) is 23.9 Å². The zero-order chi connectivity index (χ0) is 22.0. The van der Waals surface area contributed by atoms with E-state index in [1.807, 2.05) is 0 Å². The molecule has 0 heterocycles. The fourth-order valence-electron chi connectivity index (χ4n) is 4.57. The highest BCUT2D eigenvalue weighted by atomic mass is 32.2. The van der Waals surface area contributed by atoms with E-state index in [-0.39, 0.29) is 16.7 Å². The maximum atomic E-state index is 14.6. The molecule has 0 saturated carbocycles. The summed E-state index contributed by atoms with van der Waals surface area (Å²) in [4.78, 5) is -1.20. The molecular weight excluding hydrogens is 434 g/mol. The first kappa shape index (κ1) is 21.2. The molecule has 0 aromatic heterocycles. The Balaban J connectivity index is 1.94. The molecule has 0 bridgehead atoms. The van der Waals surface area contributed by atoms with E-state index in [4.69, 9.17) is 0 Å². The highest BCUT2D eigenvalue weighted by Crippen LogP contribution is 2.48. The summed E-state index contributed by atoms with van der Waals surface area (Å²) >= 11 is 0. The second-order valence-electron chi connectivity index (χ2n) is 7.56. The van der Waals surface area contributed by atoms with Crippen LogP contribution < -0.4 is 0 Å². The number of hydrogen-bond acceptors (Lipinski definition) is 3. The smallest absolute Gasteiger partial charge is 0.385 e. The second kappa shape index (κ2) is 6.98. The molecule has 0 spiro atoms. The number of aliphatic hydroxyl groups is 1. The van der Waals surface area contributed by atoms with Crippen LogP contribution in [0.1, 0.15) is 52.7 Å². The first-order valence-corrected chi connectivity index (χ1v) is 10.7. The molecule has 162 valence electrons. The minimum Gasteiger partial charge on any atom is -0.385 e. The van der Waals surface area contributed by atoms with E-state index in [2.05, 4.69) is 0 Å². The Bertz CT molecular complexity index is 1130. The van der Waals surface area contributed by atoms with Gasteiger partial charge in [-0.15, -0.1) is 0 Å². The average Bonchev–Trinajstić information content (AvgIpc) is 2.94. The van der Waals surface area contributed by atoms with Crippen LogP contribution in [0.2, 0.25) is 0 Å². The van der Waals surface area contributed by atoms with Gasteiger partial charge in [-0.05, 0) is 53.6 Å². The van der Waals surface area contributed by atoms with Crippen molar-refractivity contribution in [3.63, 3.8) is 0 Å². The van der Waals surface area contributed by atoms with Crippen LogP contribution >= 0.6 is 0 Å². The predicted octanol–water partition coefficient (Wildman–Crippen LogP) is 4.65. The molecule has 30 heavy (non-hydrogen) atoms. The van der Waals surface area contributed by atoms with Gasteiger partial charge in [-0.3, -0.25) is 0 Å². The molecule has 0 aliphatic heterocycles. The molecule has 0 unspecified atom stereocenters. The van der Waals surface area contributed by atoms with Gasteiger partial charge in [0.2, 0.25) is 0 Å². The largest absolute Gasteiger partial charge is 0.501 e. The Hall–Kier alpha value is -2.07. The van der Waals surface area contributed by atoms with Crippen molar-refractivity contribution in [2.45, 2.75) is 54.3 Å². The number of hydrogen-bond donors (Lipinski definition) is 1. The van der Waals surface area contributed by atoms with Crippen molar-refractivity contribution < 1.29 is 39.9 Å². The lowest BCUT2D eigenvalue weighted by atomic mass is 9.76. The number of halogens is 6. The Kier molecular flexibility index (Phi) is 4.93. The molecule has 4 rings (SSSR count). The summed E-state index contributed by atoms with van der Waals surface area (Å²) < 4.78 is 106. The van der Waals surface area contributed by atoms with Crippen LogP contribution in [-0.2, 0) is 22.7 Å². The van der Waals surface area contributed by atoms with Crippen molar-refractivity contribution in [3.8, 4) is 0 Å². The fraction of sp³-hybridized carbons (Fsp3) is 0.400. The van der Waals surface area contributed by atoms with E-state index >= 15 is 0 Å². The molecule has 1 N–H and O–H groups in total. The van der Waals surface area contributed by atoms with Gasteiger partial charge < -0.3 is 5.11 Å². The van der Waals surface area contributed by atoms with Gasteiger partial charge in [0, 0.05) is 24.0 Å². The van der Waals surface area contributed by atoms with E-state index in [9.17, 15) is 39.9 Å². The lowest BCUT2D eigenvalue weighted by Gasteiger charge is -2.28. The third-order valence-corrected chi connectivity index (χ3v) is 7.37. The first-order valence-electron chi connectivity index (χ1n) is 9.20. The number of rotatable bonds is 2. The van der Waals surface area contributed by atoms with Gasteiger partial charge >= 0.3 is 5.51 Å². The average molecular weight is 450 g/mol. The topological polar surface area (TPSA) is 54.4 Å². The Morgan fingerprint density at radius 2 is 1.77 bits per heavy atom. The molecule has 0 saturated heterocycles. The molecule has 0 amide bonds. The third kappa shape index (κ3) is 3.11. The van der Waals surface area contributed by atoms with E-state index in [1.54, 1.807) is 0 Å². The van der Waals surface area contributed by atoms with Crippen molar-refractivity contribution in [2.24, 2.45) is 0 Å². The lowest BCUT2D eigenvalue weighted by molar-refractivity contribution is -0.0437. The summed E-state index contributed by atoms with van der Waals surface area (Å²) in [7, 11) is -5.83. The normalized spacial score (nSPS) is 23.9. The van der Waals surface area contributed by atoms with Crippen LogP contribution in [-0.4, -0.2) is 25.2 Å². The Morgan fingerprint density at radius 1 is 1.07 bits per heavy atom. The minimum atomic E-state index is -5.83. The van der Waals surface area contributed by atoms with Gasteiger partial charge in [-0.2, -0.15) is 13.2 Å². The first-order chi connectivity index (χ1) is 13.9. The van der Waals surface area contributed by atoms with Crippen LogP contribution in [0.25, 0.3) is 0 Å². The minimum absolute atomic E-state index is 0.0677. The van der Waals surface area contributed by atoms with Crippen LogP contribution in [0.15, 0.2) is 29.2 Å². The maximum absolute atomic E-state index is 14.6. The van der Waals surface area contributed by atoms with Crippen molar-refractivity contribution in [2.75, 3.05) is 0 Å². The van der Waals surface area contributed by atoms with E-state index < -0.39 is 62.1 Å². The molecular formula is C20H16F6O3S. The van der Waals surface area contributed by atoms with Crippen LogP contribution in [0.4, 0.5) is 26.3 Å². The molecule has 0 radical (unpaired) electrons. The molecule has 2 aromatic carbocycles. The summed E-state index contributed by atoms with van der Waals surface area (Å²) in [5.74, 6) is -2.31. The van der Waals surface area contributed by atoms with Crippen LogP contribution in [0, 0.1) is 11.6 Å². The van der Waals surface area contributed by atoms with Crippen LogP contribution in [0.3, 0.4) is 0 Å². The van der Waals surface area contributed by atoms with Gasteiger partial charge in [0.05, 0.1) is 4.90 Å². The molecule has 10 heteroatoms. The summed E-state index contributed by atoms with van der Waals surface area (Å²) in [6.07, 6.45) is -3.25. The standard InChI is InChI=1S/C20H16F6O3S/c21-10-6-9-2-1-3-12(17(9)14(22)7-10)11-4-5-16(30(28,29)20(24,25)26)18-13(11)8-15(23)19(18)27/h4-7,12,15,19,27H,1-3,8H2/t12-,15-,19-/m1/s1. The molecule has 2 aliphatic carbocycles. The Morgan fingerprint density at radius 3 is 2.43 bits per heavy atom. The number of fused-ring (bicyclic) bond motifs is 2. The predicted molar refractivity (Wildman–Crippen MR) is 94.4 cm³/mol. The fourth-order valence-corrected chi connectivity index (χ4v) is 5.60. The molecule has 3 nitrogen and oxygen atoms in total. The number of aliphatic hydroxyl groups excluding tert-OH is 1. The number of benzene rings is 2. The second-order valence-corrected chi connectivity index (χ2v) is 9.47. The van der Waals surface area contributed by atoms with E-state index in [0.717, 1.165) is 6.07 Å². The van der Waals surface area contributed by atoms with Crippen molar-refractivity contribution in [3.05, 3.63) is 63.7 Å². The summed E-state index contributed by atoms with van der Waals surface area (Å²) in [6, 6.07) is 3.69. The van der Waals surface area contributed by atoms with Crippen molar-refractivity contribution >= 4 is 9.84 Å².